The van der Waals surface area contributed by atoms with Gasteiger partial charge in [-0.2, -0.15) is 9.40 Å². The first-order valence-electron chi connectivity index (χ1n) is 9.21. The number of thioether (sulfide) groups is 1. The quantitative estimate of drug-likeness (QED) is 0.483. The fourth-order valence-corrected chi connectivity index (χ4v) is 6.39. The number of nitrogens with zero attached hydrogens (tertiary/aromatic N) is 4. The van der Waals surface area contributed by atoms with Gasteiger partial charge in [0, 0.05) is 38.7 Å². The average Bonchev–Trinajstić information content (AvgIpc) is 2.92. The van der Waals surface area contributed by atoms with Crippen LogP contribution in [0.25, 0.3) is 0 Å². The Morgan fingerprint density at radius 1 is 1.17 bits per heavy atom. The van der Waals surface area contributed by atoms with Crippen LogP contribution in [-0.4, -0.2) is 73.1 Å². The van der Waals surface area contributed by atoms with E-state index < -0.39 is 10.0 Å². The maximum absolute atomic E-state index is 13.1. The first-order valence-corrected chi connectivity index (χ1v) is 13.1. The van der Waals surface area contributed by atoms with E-state index in [2.05, 4.69) is 10.00 Å². The standard InChI is InChI=1S/C17H22N4O4S4/c1-27-16-18-21(17(26)28-16)12-19-5-7-20(8-6-19)29(22,23)13-3-4-14-15(11-13)25-10-2-9-24-14/h3-4,11H,2,5-10,12H2,1H3. The fraction of sp³-hybridized carbons (Fsp3) is 0.529. The van der Waals surface area contributed by atoms with Crippen molar-refractivity contribution in [3.05, 3.63) is 22.2 Å². The molecule has 0 bridgehead atoms. The van der Waals surface area contributed by atoms with Gasteiger partial charge in [-0.25, -0.2) is 13.1 Å². The smallest absolute Gasteiger partial charge is 0.243 e. The van der Waals surface area contributed by atoms with Crippen LogP contribution in [0.15, 0.2) is 27.4 Å². The molecule has 158 valence electrons. The summed E-state index contributed by atoms with van der Waals surface area (Å²) in [7, 11) is -3.58. The van der Waals surface area contributed by atoms with E-state index in [0.29, 0.717) is 57.6 Å². The summed E-state index contributed by atoms with van der Waals surface area (Å²) in [6, 6.07) is 4.84. The summed E-state index contributed by atoms with van der Waals surface area (Å²) in [5, 5.41) is 4.48. The summed E-state index contributed by atoms with van der Waals surface area (Å²) >= 11 is 8.43. The highest BCUT2D eigenvalue weighted by atomic mass is 32.2. The summed E-state index contributed by atoms with van der Waals surface area (Å²) in [4.78, 5) is 2.40. The minimum absolute atomic E-state index is 0.238. The zero-order chi connectivity index (χ0) is 20.4. The third kappa shape index (κ3) is 4.62. The summed E-state index contributed by atoms with van der Waals surface area (Å²) in [5.74, 6) is 1.08. The van der Waals surface area contributed by atoms with Crippen LogP contribution >= 0.6 is 35.3 Å². The maximum atomic E-state index is 13.1. The van der Waals surface area contributed by atoms with Gasteiger partial charge in [-0.05, 0) is 30.6 Å². The van der Waals surface area contributed by atoms with Crippen molar-refractivity contribution in [2.75, 3.05) is 45.6 Å². The van der Waals surface area contributed by atoms with Crippen molar-refractivity contribution in [3.63, 3.8) is 0 Å². The Morgan fingerprint density at radius 2 is 1.90 bits per heavy atom. The van der Waals surface area contributed by atoms with Gasteiger partial charge in [-0.1, -0.05) is 23.1 Å². The number of hydrogen-bond donors (Lipinski definition) is 0. The van der Waals surface area contributed by atoms with E-state index in [9.17, 15) is 8.42 Å². The van der Waals surface area contributed by atoms with Gasteiger partial charge < -0.3 is 9.47 Å². The second-order valence-corrected chi connectivity index (χ2v) is 11.3. The minimum atomic E-state index is -3.58. The van der Waals surface area contributed by atoms with Crippen LogP contribution < -0.4 is 9.47 Å². The van der Waals surface area contributed by atoms with Crippen LogP contribution in [-0.2, 0) is 16.7 Å². The summed E-state index contributed by atoms with van der Waals surface area (Å²) in [6.45, 7) is 3.76. The monoisotopic (exact) mass is 474 g/mol. The Hall–Kier alpha value is -1.18. The van der Waals surface area contributed by atoms with Gasteiger partial charge in [0.1, 0.15) is 0 Å². The number of benzene rings is 1. The predicted molar refractivity (Wildman–Crippen MR) is 115 cm³/mol. The number of piperazine rings is 1. The van der Waals surface area contributed by atoms with E-state index in [0.717, 1.165) is 14.7 Å². The van der Waals surface area contributed by atoms with Crippen LogP contribution in [0.2, 0.25) is 0 Å². The highest BCUT2D eigenvalue weighted by molar-refractivity contribution is 8.00. The van der Waals surface area contributed by atoms with Gasteiger partial charge in [-0.3, -0.25) is 4.90 Å². The number of rotatable bonds is 5. The van der Waals surface area contributed by atoms with Crippen molar-refractivity contribution in [1.29, 1.82) is 0 Å². The number of fused-ring (bicyclic) bond motifs is 1. The Labute approximate surface area is 183 Å². The predicted octanol–water partition coefficient (Wildman–Crippen LogP) is 2.52. The molecule has 1 aromatic carbocycles. The Bertz CT molecular complexity index is 1030. The molecule has 1 aromatic heterocycles. The normalized spacial score (nSPS) is 18.5. The van der Waals surface area contributed by atoms with Gasteiger partial charge in [0.2, 0.25) is 10.0 Å². The molecule has 3 heterocycles. The zero-order valence-electron chi connectivity index (χ0n) is 15.9. The van der Waals surface area contributed by atoms with E-state index in [-0.39, 0.29) is 4.90 Å². The summed E-state index contributed by atoms with van der Waals surface area (Å²) in [6.07, 6.45) is 2.75. The lowest BCUT2D eigenvalue weighted by Crippen LogP contribution is -2.48. The van der Waals surface area contributed by atoms with Crippen LogP contribution in [0.3, 0.4) is 0 Å². The van der Waals surface area contributed by atoms with Crippen molar-refractivity contribution < 1.29 is 17.9 Å². The molecule has 1 saturated heterocycles. The molecule has 2 aliphatic rings. The second-order valence-electron chi connectivity index (χ2n) is 6.66. The van der Waals surface area contributed by atoms with Crippen LogP contribution in [0.4, 0.5) is 0 Å². The van der Waals surface area contributed by atoms with Crippen LogP contribution in [0, 0.1) is 3.95 Å². The van der Waals surface area contributed by atoms with Gasteiger partial charge in [-0.15, -0.1) is 0 Å². The van der Waals surface area contributed by atoms with Crippen LogP contribution in [0.1, 0.15) is 6.42 Å². The van der Waals surface area contributed by atoms with Gasteiger partial charge in [0.05, 0.1) is 24.8 Å². The number of ether oxygens (including phenoxy) is 2. The zero-order valence-corrected chi connectivity index (χ0v) is 19.2. The van der Waals surface area contributed by atoms with E-state index in [1.807, 2.05) is 6.26 Å². The van der Waals surface area contributed by atoms with E-state index in [1.165, 1.54) is 15.6 Å². The van der Waals surface area contributed by atoms with Crippen molar-refractivity contribution in [2.24, 2.45) is 0 Å². The Morgan fingerprint density at radius 3 is 2.59 bits per heavy atom. The summed E-state index contributed by atoms with van der Waals surface area (Å²) < 4.78 is 42.4. The molecule has 29 heavy (non-hydrogen) atoms. The van der Waals surface area contributed by atoms with Gasteiger partial charge >= 0.3 is 0 Å². The maximum Gasteiger partial charge on any atom is 0.243 e. The molecular formula is C17H22N4O4S4. The number of hydrogen-bond acceptors (Lipinski definition) is 9. The number of sulfonamides is 1. The summed E-state index contributed by atoms with van der Waals surface area (Å²) in [5.41, 5.74) is 0. The van der Waals surface area contributed by atoms with Gasteiger partial charge in [0.25, 0.3) is 0 Å². The minimum Gasteiger partial charge on any atom is -0.490 e. The second kappa shape index (κ2) is 8.90. The molecule has 0 N–H and O–H groups in total. The third-order valence-corrected chi connectivity index (χ3v) is 8.96. The van der Waals surface area contributed by atoms with Crippen molar-refractivity contribution >= 4 is 45.3 Å². The average molecular weight is 475 g/mol. The molecule has 12 heteroatoms. The molecule has 4 rings (SSSR count). The van der Waals surface area contributed by atoms with Crippen molar-refractivity contribution in [2.45, 2.75) is 22.3 Å². The molecule has 8 nitrogen and oxygen atoms in total. The van der Waals surface area contributed by atoms with E-state index >= 15 is 0 Å². The fourth-order valence-electron chi connectivity index (χ4n) is 3.21. The molecule has 0 amide bonds. The highest BCUT2D eigenvalue weighted by Crippen LogP contribution is 2.33. The largest absolute Gasteiger partial charge is 0.490 e. The SMILES string of the molecule is CSc1nn(CN2CCN(S(=O)(=O)c3ccc4c(c3)OCCCO4)CC2)c(=S)s1. The topological polar surface area (TPSA) is 76.9 Å². The molecular weight excluding hydrogens is 452 g/mol. The molecule has 0 atom stereocenters. The molecule has 1 fully saturated rings. The first-order chi connectivity index (χ1) is 14.0. The third-order valence-electron chi connectivity index (χ3n) is 4.78. The molecule has 0 unspecified atom stereocenters. The first kappa shape index (κ1) is 21.1. The molecule has 0 saturated carbocycles. The lowest BCUT2D eigenvalue weighted by atomic mass is 10.3. The van der Waals surface area contributed by atoms with E-state index in [1.54, 1.807) is 34.6 Å². The van der Waals surface area contributed by atoms with Gasteiger partial charge in [0.15, 0.2) is 19.8 Å². The molecule has 0 spiro atoms. The molecule has 2 aromatic rings. The Kier molecular flexibility index (Phi) is 6.47. The number of aromatic nitrogens is 2. The molecule has 0 radical (unpaired) electrons. The lowest BCUT2D eigenvalue weighted by molar-refractivity contribution is 0.144. The van der Waals surface area contributed by atoms with Crippen molar-refractivity contribution in [3.8, 4) is 11.5 Å². The van der Waals surface area contributed by atoms with Crippen molar-refractivity contribution in [1.82, 2.24) is 19.0 Å². The molecule has 2 aliphatic heterocycles. The highest BCUT2D eigenvalue weighted by Gasteiger charge is 2.30. The molecule has 0 aliphatic carbocycles. The lowest BCUT2D eigenvalue weighted by Gasteiger charge is -2.33. The van der Waals surface area contributed by atoms with E-state index in [4.69, 9.17) is 21.7 Å². The Balaban J connectivity index is 1.43. The van der Waals surface area contributed by atoms with Crippen LogP contribution in [0.5, 0.6) is 11.5 Å².